The maximum absolute atomic E-state index is 12.3. The topological polar surface area (TPSA) is 72.7 Å². The number of thiazole rings is 1. The minimum atomic E-state index is -0.104. The second-order valence-electron chi connectivity index (χ2n) is 6.38. The van der Waals surface area contributed by atoms with Gasteiger partial charge >= 0.3 is 0 Å². The number of carbonyl (C=O) groups excluding carboxylic acids is 1. The minimum Gasteiger partial charge on any atom is -0.308 e. The van der Waals surface area contributed by atoms with E-state index in [4.69, 9.17) is 0 Å². The Morgan fingerprint density at radius 1 is 1.21 bits per heavy atom. The van der Waals surface area contributed by atoms with E-state index in [1.807, 2.05) is 22.1 Å². The normalized spacial score (nSPS) is 10.9. The first-order valence-corrected chi connectivity index (χ1v) is 11.8. The van der Waals surface area contributed by atoms with Crippen LogP contribution >= 0.6 is 34.4 Å². The van der Waals surface area contributed by atoms with Gasteiger partial charge in [0.2, 0.25) is 5.91 Å². The van der Waals surface area contributed by atoms with Crippen LogP contribution in [0.2, 0.25) is 0 Å². The minimum absolute atomic E-state index is 0.104. The Morgan fingerprint density at radius 2 is 2.07 bits per heavy atom. The fraction of sp³-hybridized carbons (Fsp3) is 0.200. The van der Waals surface area contributed by atoms with E-state index in [-0.39, 0.29) is 11.7 Å². The summed E-state index contributed by atoms with van der Waals surface area (Å²) in [6.45, 7) is 2.85. The molecule has 0 saturated carbocycles. The quantitative estimate of drug-likeness (QED) is 0.400. The molecule has 3 heterocycles. The number of thiophene rings is 1. The fourth-order valence-corrected chi connectivity index (χ4v) is 4.84. The lowest BCUT2D eigenvalue weighted by Gasteiger charge is -2.05. The van der Waals surface area contributed by atoms with Crippen molar-refractivity contribution in [2.24, 2.45) is 0 Å². The first kappa shape index (κ1) is 19.8. The van der Waals surface area contributed by atoms with Gasteiger partial charge in [0.15, 0.2) is 10.3 Å². The molecule has 9 heteroatoms. The Balaban J connectivity index is 1.30. The zero-order valence-electron chi connectivity index (χ0n) is 15.7. The molecular weight excluding hydrogens is 422 g/mol. The van der Waals surface area contributed by atoms with Crippen molar-refractivity contribution in [3.05, 3.63) is 63.9 Å². The molecule has 1 amide bonds. The van der Waals surface area contributed by atoms with Gasteiger partial charge in [0.1, 0.15) is 6.33 Å². The molecule has 0 saturated heterocycles. The average molecular weight is 442 g/mol. The van der Waals surface area contributed by atoms with Crippen molar-refractivity contribution in [2.45, 2.75) is 25.0 Å². The number of benzene rings is 1. The van der Waals surface area contributed by atoms with Crippen LogP contribution in [0.5, 0.6) is 0 Å². The number of nitrogens with zero attached hydrogens (tertiary/aromatic N) is 4. The van der Waals surface area contributed by atoms with E-state index in [9.17, 15) is 4.79 Å². The number of hydrogen-bond acceptors (Lipinski definition) is 7. The molecule has 148 valence electrons. The lowest BCUT2D eigenvalue weighted by molar-refractivity contribution is -0.113. The molecule has 0 fully saturated rings. The molecule has 1 N–H and O–H groups in total. The smallest absolute Gasteiger partial charge is 0.236 e. The highest BCUT2D eigenvalue weighted by Gasteiger charge is 2.12. The Hall–Kier alpha value is -2.49. The van der Waals surface area contributed by atoms with Crippen molar-refractivity contribution in [1.82, 2.24) is 19.7 Å². The van der Waals surface area contributed by atoms with Crippen molar-refractivity contribution < 1.29 is 4.79 Å². The molecule has 0 aliphatic rings. The summed E-state index contributed by atoms with van der Waals surface area (Å²) in [5.41, 5.74) is 3.12. The summed E-state index contributed by atoms with van der Waals surface area (Å²) in [4.78, 5) is 18.2. The van der Waals surface area contributed by atoms with Gasteiger partial charge in [0, 0.05) is 22.4 Å². The highest BCUT2D eigenvalue weighted by atomic mass is 32.2. The lowest BCUT2D eigenvalue weighted by Crippen LogP contribution is -2.14. The van der Waals surface area contributed by atoms with Gasteiger partial charge in [-0.1, -0.05) is 47.7 Å². The number of carbonyl (C=O) groups is 1. The van der Waals surface area contributed by atoms with Crippen LogP contribution in [-0.2, 0) is 17.8 Å². The van der Waals surface area contributed by atoms with E-state index in [1.165, 1.54) is 33.5 Å². The molecule has 29 heavy (non-hydrogen) atoms. The molecule has 0 atom stereocenters. The van der Waals surface area contributed by atoms with Crippen LogP contribution in [0.25, 0.3) is 11.3 Å². The lowest BCUT2D eigenvalue weighted by atomic mass is 10.1. The molecule has 1 aromatic carbocycles. The third-order valence-corrected chi connectivity index (χ3v) is 6.86. The van der Waals surface area contributed by atoms with Crippen LogP contribution in [0.15, 0.2) is 58.6 Å². The van der Waals surface area contributed by atoms with Crippen molar-refractivity contribution >= 4 is 45.5 Å². The molecular formula is C20H19N5OS3. The van der Waals surface area contributed by atoms with Crippen LogP contribution in [-0.4, -0.2) is 31.4 Å². The van der Waals surface area contributed by atoms with Gasteiger partial charge < -0.3 is 9.88 Å². The van der Waals surface area contributed by atoms with E-state index in [0.717, 1.165) is 29.4 Å². The summed E-state index contributed by atoms with van der Waals surface area (Å²) < 4.78 is 1.98. The van der Waals surface area contributed by atoms with Gasteiger partial charge in [-0.2, -0.15) is 0 Å². The molecule has 6 nitrogen and oxygen atoms in total. The van der Waals surface area contributed by atoms with Gasteiger partial charge in [0.05, 0.1) is 11.4 Å². The molecule has 0 radical (unpaired) electrons. The number of hydrogen-bond donors (Lipinski definition) is 1. The predicted octanol–water partition coefficient (Wildman–Crippen LogP) is 4.75. The van der Waals surface area contributed by atoms with E-state index >= 15 is 0 Å². The molecule has 0 aliphatic carbocycles. The standard InChI is InChI=1S/C20H19N5OS3/c1-14-4-6-15(7-5-14)17-11-28-19(22-17)23-18(26)12-29-20-24-21-13-25(20)9-8-16-3-2-10-27-16/h2-7,10-11,13H,8-9,12H2,1H3,(H,22,23,26). The van der Waals surface area contributed by atoms with Crippen LogP contribution in [0.4, 0.5) is 5.13 Å². The van der Waals surface area contributed by atoms with Gasteiger partial charge in [-0.3, -0.25) is 4.79 Å². The highest BCUT2D eigenvalue weighted by Crippen LogP contribution is 2.25. The molecule has 0 spiro atoms. The molecule has 4 rings (SSSR count). The zero-order chi connectivity index (χ0) is 20.1. The van der Waals surface area contributed by atoms with Crippen molar-refractivity contribution in [1.29, 1.82) is 0 Å². The Kier molecular flexibility index (Phi) is 6.38. The summed E-state index contributed by atoms with van der Waals surface area (Å²) >= 11 is 4.55. The third kappa shape index (κ3) is 5.31. The number of amides is 1. The highest BCUT2D eigenvalue weighted by molar-refractivity contribution is 7.99. The van der Waals surface area contributed by atoms with Crippen LogP contribution in [0.3, 0.4) is 0 Å². The molecule has 0 unspecified atom stereocenters. The third-order valence-electron chi connectivity index (χ3n) is 4.19. The van der Waals surface area contributed by atoms with E-state index < -0.39 is 0 Å². The summed E-state index contributed by atoms with van der Waals surface area (Å²) in [5, 5.41) is 16.4. The van der Waals surface area contributed by atoms with Crippen molar-refractivity contribution in [3.63, 3.8) is 0 Å². The first-order valence-electron chi connectivity index (χ1n) is 9.03. The van der Waals surface area contributed by atoms with Gasteiger partial charge in [0.25, 0.3) is 0 Å². The second-order valence-corrected chi connectivity index (χ2v) is 9.21. The van der Waals surface area contributed by atoms with Crippen LogP contribution in [0.1, 0.15) is 10.4 Å². The Labute approximate surface area is 181 Å². The maximum Gasteiger partial charge on any atom is 0.236 e. The predicted molar refractivity (Wildman–Crippen MR) is 120 cm³/mol. The summed E-state index contributed by atoms with van der Waals surface area (Å²) in [6.07, 6.45) is 2.64. The number of nitrogens with one attached hydrogen (secondary N) is 1. The number of aromatic nitrogens is 4. The Bertz CT molecular complexity index is 1070. The molecule has 3 aromatic heterocycles. The van der Waals surface area contributed by atoms with Gasteiger partial charge in [-0.25, -0.2) is 4.98 Å². The Morgan fingerprint density at radius 3 is 2.86 bits per heavy atom. The number of anilines is 1. The number of aryl methyl sites for hydroxylation is 3. The monoisotopic (exact) mass is 441 g/mol. The van der Waals surface area contributed by atoms with E-state index in [0.29, 0.717) is 5.13 Å². The van der Waals surface area contributed by atoms with Crippen molar-refractivity contribution in [2.75, 3.05) is 11.1 Å². The zero-order valence-corrected chi connectivity index (χ0v) is 18.2. The largest absolute Gasteiger partial charge is 0.308 e. The van der Waals surface area contributed by atoms with Crippen LogP contribution < -0.4 is 5.32 Å². The molecule has 4 aromatic rings. The SMILES string of the molecule is Cc1ccc(-c2csc(NC(=O)CSc3nncn3CCc3cccs3)n2)cc1. The van der Waals surface area contributed by atoms with Crippen molar-refractivity contribution in [3.8, 4) is 11.3 Å². The summed E-state index contributed by atoms with van der Waals surface area (Å²) in [6, 6.07) is 12.4. The van der Waals surface area contributed by atoms with E-state index in [2.05, 4.69) is 57.1 Å². The summed E-state index contributed by atoms with van der Waals surface area (Å²) in [7, 11) is 0. The van der Waals surface area contributed by atoms with Crippen LogP contribution in [0, 0.1) is 6.92 Å². The fourth-order valence-electron chi connectivity index (χ4n) is 2.67. The number of rotatable bonds is 8. The number of thioether (sulfide) groups is 1. The summed E-state index contributed by atoms with van der Waals surface area (Å²) in [5.74, 6) is 0.157. The maximum atomic E-state index is 12.3. The first-order chi connectivity index (χ1) is 14.2. The molecule has 0 aliphatic heterocycles. The molecule has 0 bridgehead atoms. The van der Waals surface area contributed by atoms with Gasteiger partial charge in [-0.15, -0.1) is 32.9 Å². The average Bonchev–Trinajstić information content (AvgIpc) is 3.47. The second kappa shape index (κ2) is 9.34. The van der Waals surface area contributed by atoms with Gasteiger partial charge in [-0.05, 0) is 24.8 Å². The van der Waals surface area contributed by atoms with E-state index in [1.54, 1.807) is 17.7 Å².